The van der Waals surface area contributed by atoms with Crippen LogP contribution in [0.25, 0.3) is 5.52 Å². The van der Waals surface area contributed by atoms with Crippen LogP contribution in [0.1, 0.15) is 31.2 Å². The van der Waals surface area contributed by atoms with Crippen LogP contribution >= 0.6 is 0 Å². The lowest BCUT2D eigenvalue weighted by molar-refractivity contribution is -0.157. The van der Waals surface area contributed by atoms with Gasteiger partial charge in [0.15, 0.2) is 5.92 Å². The third-order valence-corrected chi connectivity index (χ3v) is 3.11. The smallest absolute Gasteiger partial charge is 0.326 e. The van der Waals surface area contributed by atoms with Crippen LogP contribution in [0.3, 0.4) is 0 Å². The van der Waals surface area contributed by atoms with E-state index in [2.05, 4.69) is 10.1 Å². The second-order valence-electron chi connectivity index (χ2n) is 4.58. The van der Waals surface area contributed by atoms with Gasteiger partial charge in [0.25, 0.3) is 0 Å². The Hall–Kier alpha value is -2.64. The number of rotatable bonds is 5. The minimum atomic E-state index is -1.29. The lowest BCUT2D eigenvalue weighted by Crippen LogP contribution is -2.28. The number of ether oxygens (including phenoxy) is 2. The Morgan fingerprint density at radius 2 is 1.86 bits per heavy atom. The molecular formula is C14H18N4O4. The van der Waals surface area contributed by atoms with E-state index in [0.717, 1.165) is 5.69 Å². The fourth-order valence-corrected chi connectivity index (χ4v) is 2.24. The maximum Gasteiger partial charge on any atom is 0.326 e. The molecule has 8 nitrogen and oxygen atoms in total. The predicted octanol–water partition coefficient (Wildman–Crippen LogP) is 0.830. The Bertz CT molecular complexity index is 692. The first kappa shape index (κ1) is 15.7. The lowest BCUT2D eigenvalue weighted by Gasteiger charge is -2.15. The SMILES string of the molecule is CCOC(=O)C(C(=O)OCC)c1ncnn2c(C)cc(N)c12. The van der Waals surface area contributed by atoms with Crippen LogP contribution in [0.4, 0.5) is 5.69 Å². The Kier molecular flexibility index (Phi) is 4.59. The van der Waals surface area contributed by atoms with Gasteiger partial charge in [-0.2, -0.15) is 5.10 Å². The van der Waals surface area contributed by atoms with Crippen molar-refractivity contribution >= 4 is 23.1 Å². The van der Waals surface area contributed by atoms with Gasteiger partial charge in [-0.15, -0.1) is 0 Å². The topological polar surface area (TPSA) is 109 Å². The molecule has 0 aliphatic rings. The van der Waals surface area contributed by atoms with Crippen LogP contribution in [0.15, 0.2) is 12.4 Å². The zero-order valence-corrected chi connectivity index (χ0v) is 12.7. The summed E-state index contributed by atoms with van der Waals surface area (Å²) in [6.07, 6.45) is 1.26. The average molecular weight is 306 g/mol. The molecule has 0 saturated carbocycles. The van der Waals surface area contributed by atoms with E-state index in [1.807, 2.05) is 6.92 Å². The highest BCUT2D eigenvalue weighted by atomic mass is 16.6. The monoisotopic (exact) mass is 306 g/mol. The van der Waals surface area contributed by atoms with Crippen molar-refractivity contribution in [3.05, 3.63) is 23.8 Å². The van der Waals surface area contributed by atoms with Crippen molar-refractivity contribution in [2.45, 2.75) is 26.7 Å². The van der Waals surface area contributed by atoms with Gasteiger partial charge in [-0.05, 0) is 26.8 Å². The number of nitrogens with two attached hydrogens (primary N) is 1. The van der Waals surface area contributed by atoms with E-state index in [4.69, 9.17) is 15.2 Å². The number of carbonyl (C=O) groups excluding carboxylic acids is 2. The van der Waals surface area contributed by atoms with Crippen molar-refractivity contribution in [2.75, 3.05) is 18.9 Å². The first-order chi connectivity index (χ1) is 10.5. The van der Waals surface area contributed by atoms with Crippen LogP contribution in [0.5, 0.6) is 0 Å². The summed E-state index contributed by atoms with van der Waals surface area (Å²) in [5, 5.41) is 4.08. The molecule has 2 N–H and O–H groups in total. The second kappa shape index (κ2) is 6.42. The van der Waals surface area contributed by atoms with E-state index in [1.165, 1.54) is 10.8 Å². The summed E-state index contributed by atoms with van der Waals surface area (Å²) in [4.78, 5) is 28.5. The average Bonchev–Trinajstić information content (AvgIpc) is 2.76. The minimum Gasteiger partial charge on any atom is -0.465 e. The van der Waals surface area contributed by atoms with Crippen LogP contribution in [0, 0.1) is 6.92 Å². The summed E-state index contributed by atoms with van der Waals surface area (Å²) >= 11 is 0. The van der Waals surface area contributed by atoms with E-state index in [9.17, 15) is 9.59 Å². The van der Waals surface area contributed by atoms with Crippen molar-refractivity contribution in [3.8, 4) is 0 Å². The van der Waals surface area contributed by atoms with Crippen LogP contribution in [0.2, 0.25) is 0 Å². The number of fused-ring (bicyclic) bond motifs is 1. The maximum atomic E-state index is 12.2. The number of aromatic nitrogens is 3. The summed E-state index contributed by atoms with van der Waals surface area (Å²) in [7, 11) is 0. The van der Waals surface area contributed by atoms with Gasteiger partial charge in [-0.3, -0.25) is 9.59 Å². The van der Waals surface area contributed by atoms with Crippen molar-refractivity contribution in [1.82, 2.24) is 14.6 Å². The molecule has 0 atom stereocenters. The Balaban J connectivity index is 2.61. The molecule has 22 heavy (non-hydrogen) atoms. The largest absolute Gasteiger partial charge is 0.465 e. The van der Waals surface area contributed by atoms with Crippen molar-refractivity contribution < 1.29 is 19.1 Å². The van der Waals surface area contributed by atoms with Gasteiger partial charge in [-0.25, -0.2) is 9.50 Å². The number of esters is 2. The quantitative estimate of drug-likeness (QED) is 0.643. The second-order valence-corrected chi connectivity index (χ2v) is 4.58. The third kappa shape index (κ3) is 2.72. The van der Waals surface area contributed by atoms with Gasteiger partial charge in [-0.1, -0.05) is 0 Å². The van der Waals surface area contributed by atoms with Gasteiger partial charge >= 0.3 is 11.9 Å². The molecule has 2 aromatic heterocycles. The molecule has 0 radical (unpaired) electrons. The highest BCUT2D eigenvalue weighted by Gasteiger charge is 2.35. The molecule has 118 valence electrons. The highest BCUT2D eigenvalue weighted by molar-refractivity contribution is 6.02. The van der Waals surface area contributed by atoms with Gasteiger partial charge in [0, 0.05) is 5.69 Å². The fourth-order valence-electron chi connectivity index (χ4n) is 2.24. The van der Waals surface area contributed by atoms with Gasteiger partial charge < -0.3 is 15.2 Å². The molecule has 0 saturated heterocycles. The van der Waals surface area contributed by atoms with E-state index >= 15 is 0 Å². The summed E-state index contributed by atoms with van der Waals surface area (Å²) in [5.41, 5.74) is 7.69. The van der Waals surface area contributed by atoms with Crippen molar-refractivity contribution in [2.24, 2.45) is 0 Å². The molecule has 0 unspecified atom stereocenters. The summed E-state index contributed by atoms with van der Waals surface area (Å²) in [6, 6.07) is 1.70. The van der Waals surface area contributed by atoms with Crippen molar-refractivity contribution in [3.63, 3.8) is 0 Å². The standard InChI is InChI=1S/C14H18N4O4/c1-4-21-13(19)10(14(20)22-5-2)11-12-9(15)6-8(3)18(12)17-7-16-11/h6-7,10H,4-5,15H2,1-3H3. The van der Waals surface area contributed by atoms with Gasteiger partial charge in [0.05, 0.1) is 24.6 Å². The number of hydrogen-bond donors (Lipinski definition) is 1. The maximum absolute atomic E-state index is 12.2. The minimum absolute atomic E-state index is 0.144. The third-order valence-electron chi connectivity index (χ3n) is 3.11. The number of aryl methyl sites for hydroxylation is 1. The number of anilines is 1. The molecule has 8 heteroatoms. The van der Waals surface area contributed by atoms with E-state index in [-0.39, 0.29) is 18.9 Å². The molecule has 0 fully saturated rings. The normalized spacial score (nSPS) is 10.9. The van der Waals surface area contributed by atoms with Gasteiger partial charge in [0.1, 0.15) is 11.8 Å². The Labute approximate surface area is 127 Å². The first-order valence-electron chi connectivity index (χ1n) is 6.93. The summed E-state index contributed by atoms with van der Waals surface area (Å²) in [6.45, 7) is 5.41. The molecule has 0 spiro atoms. The van der Waals surface area contributed by atoms with Crippen LogP contribution < -0.4 is 5.73 Å². The molecule has 2 heterocycles. The lowest BCUT2D eigenvalue weighted by atomic mass is 10.0. The molecule has 0 aliphatic heterocycles. The zero-order chi connectivity index (χ0) is 16.3. The summed E-state index contributed by atoms with van der Waals surface area (Å²) < 4.78 is 11.5. The Morgan fingerprint density at radius 1 is 1.27 bits per heavy atom. The fraction of sp³-hybridized carbons (Fsp3) is 0.429. The number of carbonyl (C=O) groups is 2. The Morgan fingerprint density at radius 3 is 2.41 bits per heavy atom. The van der Waals surface area contributed by atoms with Crippen LogP contribution in [-0.4, -0.2) is 39.8 Å². The zero-order valence-electron chi connectivity index (χ0n) is 12.7. The van der Waals surface area contributed by atoms with E-state index in [1.54, 1.807) is 19.9 Å². The number of nitrogen functional groups attached to an aromatic ring is 1. The van der Waals surface area contributed by atoms with Crippen LogP contribution in [-0.2, 0) is 19.1 Å². The van der Waals surface area contributed by atoms with E-state index in [0.29, 0.717) is 11.2 Å². The highest BCUT2D eigenvalue weighted by Crippen LogP contribution is 2.27. The van der Waals surface area contributed by atoms with Crippen molar-refractivity contribution in [1.29, 1.82) is 0 Å². The summed E-state index contributed by atoms with van der Waals surface area (Å²) in [5.74, 6) is -2.73. The molecule has 0 aromatic carbocycles. The number of hydrogen-bond acceptors (Lipinski definition) is 7. The van der Waals surface area contributed by atoms with Gasteiger partial charge in [0.2, 0.25) is 0 Å². The first-order valence-corrected chi connectivity index (χ1v) is 6.93. The molecule has 0 aliphatic carbocycles. The number of nitrogens with zero attached hydrogens (tertiary/aromatic N) is 3. The molecular weight excluding hydrogens is 288 g/mol. The predicted molar refractivity (Wildman–Crippen MR) is 78.1 cm³/mol. The molecule has 0 bridgehead atoms. The molecule has 2 rings (SSSR count). The van der Waals surface area contributed by atoms with E-state index < -0.39 is 17.9 Å². The molecule has 0 amide bonds. The molecule has 2 aromatic rings.